The Balaban J connectivity index is 2.49. The smallest absolute Gasteiger partial charge is 0.138 e. The summed E-state index contributed by atoms with van der Waals surface area (Å²) in [4.78, 5) is 0. The van der Waals surface area contributed by atoms with E-state index in [1.165, 1.54) is 0 Å². The van der Waals surface area contributed by atoms with Crippen molar-refractivity contribution >= 4 is 11.6 Å². The van der Waals surface area contributed by atoms with Crippen molar-refractivity contribution in [2.45, 2.75) is 39.1 Å². The van der Waals surface area contributed by atoms with Crippen LogP contribution in [0.4, 0.5) is 0 Å². The zero-order valence-electron chi connectivity index (χ0n) is 11.5. The van der Waals surface area contributed by atoms with Crippen LogP contribution < -0.4 is 4.74 Å². The topological polar surface area (TPSA) is 58.9 Å². The fraction of sp³-hybridized carbons (Fsp3) is 0.571. The van der Waals surface area contributed by atoms with Crippen molar-refractivity contribution in [3.8, 4) is 5.75 Å². The van der Waals surface area contributed by atoms with Gasteiger partial charge in [0.2, 0.25) is 0 Å². The third kappa shape index (κ3) is 5.78. The number of hydrogen-bond donors (Lipinski definition) is 2. The Hall–Kier alpha value is -0.810. The van der Waals surface area contributed by atoms with Crippen molar-refractivity contribution in [1.29, 1.82) is 0 Å². The maximum absolute atomic E-state index is 9.66. The van der Waals surface area contributed by atoms with E-state index in [0.717, 1.165) is 5.56 Å². The Kier molecular flexibility index (Phi) is 6.58. The molecule has 0 heterocycles. The number of rotatable bonds is 7. The molecule has 1 unspecified atom stereocenters. The van der Waals surface area contributed by atoms with E-state index in [2.05, 4.69) is 0 Å². The van der Waals surface area contributed by atoms with Crippen LogP contribution in [0.1, 0.15) is 32.4 Å². The number of hydrogen-bond acceptors (Lipinski definition) is 4. The minimum atomic E-state index is -0.699. The summed E-state index contributed by atoms with van der Waals surface area (Å²) in [5.74, 6) is 0.481. The van der Waals surface area contributed by atoms with Gasteiger partial charge in [0, 0.05) is 0 Å². The predicted octanol–water partition coefficient (Wildman–Crippen LogP) is 2.56. The molecule has 0 aromatic heterocycles. The highest BCUT2D eigenvalue weighted by atomic mass is 35.5. The van der Waals surface area contributed by atoms with Crippen molar-refractivity contribution in [3.05, 3.63) is 28.8 Å². The zero-order chi connectivity index (χ0) is 14.4. The average molecular weight is 289 g/mol. The normalized spacial score (nSPS) is 14.5. The highest BCUT2D eigenvalue weighted by Crippen LogP contribution is 2.27. The van der Waals surface area contributed by atoms with E-state index in [-0.39, 0.29) is 19.3 Å². The second-order valence-corrected chi connectivity index (χ2v) is 5.12. The monoisotopic (exact) mass is 288 g/mol. The molecule has 0 bridgehead atoms. The summed E-state index contributed by atoms with van der Waals surface area (Å²) in [6.45, 7) is 5.80. The van der Waals surface area contributed by atoms with Gasteiger partial charge >= 0.3 is 0 Å². The SMILES string of the molecule is CC(C)OCC(O)COc1ccc([C@H](C)O)cc1Cl. The Morgan fingerprint density at radius 2 is 1.84 bits per heavy atom. The van der Waals surface area contributed by atoms with Crippen LogP contribution in [0.3, 0.4) is 0 Å². The fourth-order valence-electron chi connectivity index (χ4n) is 1.43. The first-order chi connectivity index (χ1) is 8.90. The molecule has 0 aliphatic carbocycles. The first-order valence-corrected chi connectivity index (χ1v) is 6.68. The summed E-state index contributed by atoms with van der Waals surface area (Å²) in [6, 6.07) is 5.07. The Labute approximate surface area is 118 Å². The van der Waals surface area contributed by atoms with Gasteiger partial charge in [-0.3, -0.25) is 0 Å². The van der Waals surface area contributed by atoms with Gasteiger partial charge in [0.25, 0.3) is 0 Å². The molecule has 0 saturated carbocycles. The largest absolute Gasteiger partial charge is 0.489 e. The molecule has 108 valence electrons. The standard InChI is InChI=1S/C14H21ClO4/c1-9(2)18-7-12(17)8-19-14-5-4-11(10(3)16)6-13(14)15/h4-6,9-10,12,16-17H,7-8H2,1-3H3/t10-,12?/m0/s1. The molecule has 4 nitrogen and oxygen atoms in total. The Morgan fingerprint density at radius 1 is 1.16 bits per heavy atom. The zero-order valence-corrected chi connectivity index (χ0v) is 12.2. The number of halogens is 1. The Morgan fingerprint density at radius 3 is 2.37 bits per heavy atom. The van der Waals surface area contributed by atoms with E-state index < -0.39 is 12.2 Å². The van der Waals surface area contributed by atoms with Crippen molar-refractivity contribution in [2.75, 3.05) is 13.2 Å². The highest BCUT2D eigenvalue weighted by Gasteiger charge is 2.10. The van der Waals surface area contributed by atoms with Crippen molar-refractivity contribution in [1.82, 2.24) is 0 Å². The van der Waals surface area contributed by atoms with Crippen molar-refractivity contribution < 1.29 is 19.7 Å². The van der Waals surface area contributed by atoms with Gasteiger partial charge in [-0.25, -0.2) is 0 Å². The number of ether oxygens (including phenoxy) is 2. The minimum Gasteiger partial charge on any atom is -0.489 e. The van der Waals surface area contributed by atoms with Gasteiger partial charge in [0.1, 0.15) is 18.5 Å². The summed E-state index contributed by atoms with van der Waals surface area (Å²) >= 11 is 6.04. The van der Waals surface area contributed by atoms with Gasteiger partial charge < -0.3 is 19.7 Å². The maximum Gasteiger partial charge on any atom is 0.138 e. The molecular weight excluding hydrogens is 268 g/mol. The van der Waals surface area contributed by atoms with Gasteiger partial charge in [-0.05, 0) is 38.5 Å². The lowest BCUT2D eigenvalue weighted by atomic mass is 10.1. The third-order valence-corrected chi connectivity index (χ3v) is 2.79. The molecule has 0 saturated heterocycles. The number of benzene rings is 1. The molecule has 2 N–H and O–H groups in total. The van der Waals surface area contributed by atoms with Gasteiger partial charge in [-0.1, -0.05) is 17.7 Å². The molecule has 1 aromatic rings. The molecule has 1 aromatic carbocycles. The second-order valence-electron chi connectivity index (χ2n) is 4.71. The lowest BCUT2D eigenvalue weighted by Gasteiger charge is -2.15. The summed E-state index contributed by atoms with van der Waals surface area (Å²) in [6.07, 6.45) is -1.20. The van der Waals surface area contributed by atoms with Crippen LogP contribution >= 0.6 is 11.6 Å². The lowest BCUT2D eigenvalue weighted by Crippen LogP contribution is -2.25. The molecule has 19 heavy (non-hydrogen) atoms. The fourth-order valence-corrected chi connectivity index (χ4v) is 1.68. The highest BCUT2D eigenvalue weighted by molar-refractivity contribution is 6.32. The molecule has 5 heteroatoms. The summed E-state index contributed by atoms with van der Waals surface area (Å²) < 4.78 is 10.7. The minimum absolute atomic E-state index is 0.0727. The molecule has 0 fully saturated rings. The van der Waals surface area contributed by atoms with Crippen LogP contribution in [0.2, 0.25) is 5.02 Å². The van der Waals surface area contributed by atoms with Crippen molar-refractivity contribution in [2.24, 2.45) is 0 Å². The van der Waals surface area contributed by atoms with E-state index in [4.69, 9.17) is 21.1 Å². The molecule has 1 rings (SSSR count). The third-order valence-electron chi connectivity index (χ3n) is 2.49. The molecule has 0 aliphatic heterocycles. The molecular formula is C14H21ClO4. The van der Waals surface area contributed by atoms with Gasteiger partial charge in [0.05, 0.1) is 23.8 Å². The van der Waals surface area contributed by atoms with Crippen LogP contribution in [0, 0.1) is 0 Å². The molecule has 0 aliphatic rings. The summed E-state index contributed by atoms with van der Waals surface area (Å²) in [5.41, 5.74) is 0.723. The van der Waals surface area contributed by atoms with Gasteiger partial charge in [-0.2, -0.15) is 0 Å². The van der Waals surface area contributed by atoms with Gasteiger partial charge in [0.15, 0.2) is 0 Å². The Bertz CT molecular complexity index is 393. The van der Waals surface area contributed by atoms with E-state index in [1.54, 1.807) is 25.1 Å². The summed E-state index contributed by atoms with van der Waals surface area (Å²) in [7, 11) is 0. The van der Waals surface area contributed by atoms with Crippen molar-refractivity contribution in [3.63, 3.8) is 0 Å². The number of aliphatic hydroxyl groups excluding tert-OH is 2. The van der Waals surface area contributed by atoms with E-state index >= 15 is 0 Å². The molecule has 2 atom stereocenters. The van der Waals surface area contributed by atoms with E-state index in [9.17, 15) is 10.2 Å². The average Bonchev–Trinajstić information content (AvgIpc) is 2.34. The van der Waals surface area contributed by atoms with Crippen LogP contribution in [0.15, 0.2) is 18.2 Å². The summed E-state index contributed by atoms with van der Waals surface area (Å²) in [5, 5.41) is 19.5. The molecule has 0 spiro atoms. The van der Waals surface area contributed by atoms with E-state index in [1.807, 2.05) is 13.8 Å². The van der Waals surface area contributed by atoms with Crippen LogP contribution in [-0.4, -0.2) is 35.6 Å². The van der Waals surface area contributed by atoms with E-state index in [0.29, 0.717) is 10.8 Å². The van der Waals surface area contributed by atoms with Crippen LogP contribution in [-0.2, 0) is 4.74 Å². The maximum atomic E-state index is 9.66. The lowest BCUT2D eigenvalue weighted by molar-refractivity contribution is -0.0122. The first kappa shape index (κ1) is 16.2. The number of aliphatic hydroxyl groups is 2. The van der Waals surface area contributed by atoms with Crippen LogP contribution in [0.5, 0.6) is 5.75 Å². The molecule has 0 amide bonds. The molecule has 0 radical (unpaired) electrons. The van der Waals surface area contributed by atoms with Crippen LogP contribution in [0.25, 0.3) is 0 Å². The first-order valence-electron chi connectivity index (χ1n) is 6.30. The predicted molar refractivity (Wildman–Crippen MR) is 74.7 cm³/mol. The second kappa shape index (κ2) is 7.70. The quantitative estimate of drug-likeness (QED) is 0.809. The van der Waals surface area contributed by atoms with Gasteiger partial charge in [-0.15, -0.1) is 0 Å².